The summed E-state index contributed by atoms with van der Waals surface area (Å²) in [6, 6.07) is 4.34. The van der Waals surface area contributed by atoms with Gasteiger partial charge in [0.25, 0.3) is 0 Å². The zero-order valence-corrected chi connectivity index (χ0v) is 15.4. The van der Waals surface area contributed by atoms with Gasteiger partial charge in [0.05, 0.1) is 6.20 Å². The summed E-state index contributed by atoms with van der Waals surface area (Å²) in [5.74, 6) is 3.00. The highest BCUT2D eigenvalue weighted by Crippen LogP contribution is 2.60. The molecule has 3 heterocycles. The number of rotatable bonds is 3. The molecule has 4 aliphatic carbocycles. The third kappa shape index (κ3) is 2.20. The van der Waals surface area contributed by atoms with E-state index in [4.69, 9.17) is 5.10 Å². The number of fused-ring (bicyclic) bond motifs is 1. The van der Waals surface area contributed by atoms with Gasteiger partial charge in [-0.1, -0.05) is 0 Å². The number of aromatic nitrogens is 4. The number of nitrogens with zero attached hydrogens (tertiary/aromatic N) is 4. The van der Waals surface area contributed by atoms with Crippen LogP contribution in [-0.2, 0) is 6.54 Å². The largest absolute Gasteiger partial charge is 0.307 e. The van der Waals surface area contributed by atoms with E-state index < -0.39 is 0 Å². The van der Waals surface area contributed by atoms with Crippen molar-refractivity contribution in [1.82, 2.24) is 19.2 Å². The first kappa shape index (κ1) is 15.0. The molecule has 26 heavy (non-hydrogen) atoms. The predicted molar refractivity (Wildman–Crippen MR) is 102 cm³/mol. The van der Waals surface area contributed by atoms with Gasteiger partial charge >= 0.3 is 0 Å². The highest BCUT2D eigenvalue weighted by atomic mass is 15.3. The number of pyridine rings is 1. The van der Waals surface area contributed by atoms with E-state index in [1.807, 2.05) is 12.4 Å². The van der Waals surface area contributed by atoms with Crippen LogP contribution in [0.15, 0.2) is 36.9 Å². The highest BCUT2D eigenvalue weighted by Gasteiger charge is 2.51. The van der Waals surface area contributed by atoms with Crippen molar-refractivity contribution in [3.8, 4) is 11.1 Å². The molecule has 134 valence electrons. The Labute approximate surface area is 154 Å². The molecule has 4 heteroatoms. The molecule has 0 amide bonds. The first-order valence-corrected chi connectivity index (χ1v) is 10.1. The van der Waals surface area contributed by atoms with Crippen molar-refractivity contribution in [2.75, 3.05) is 0 Å². The lowest BCUT2D eigenvalue weighted by atomic mass is 9.49. The molecule has 7 rings (SSSR count). The smallest absolute Gasteiger partial charge is 0.137 e. The summed E-state index contributed by atoms with van der Waals surface area (Å²) in [6.45, 7) is 3.35. The standard InChI is InChI=1S/C22H26N4/c1-15-20(19-2-4-25-5-3-23-21(25)9-19)13-24-26(15)14-22-10-16-6-17(11-22)8-18(7-16)12-22/h2-5,9,13,16-18H,6-8,10-12,14H2,1H3. The van der Waals surface area contributed by atoms with Gasteiger partial charge in [-0.2, -0.15) is 5.10 Å². The summed E-state index contributed by atoms with van der Waals surface area (Å²) in [4.78, 5) is 4.42. The van der Waals surface area contributed by atoms with Crippen LogP contribution >= 0.6 is 0 Å². The molecular formula is C22H26N4. The second-order valence-electron chi connectivity index (χ2n) is 9.33. The Hall–Kier alpha value is -2.10. The zero-order valence-electron chi connectivity index (χ0n) is 15.4. The molecule has 3 aromatic rings. The monoisotopic (exact) mass is 346 g/mol. The van der Waals surface area contributed by atoms with Gasteiger partial charge in [0.1, 0.15) is 5.65 Å². The summed E-state index contributed by atoms with van der Waals surface area (Å²) >= 11 is 0. The van der Waals surface area contributed by atoms with E-state index in [0.717, 1.165) is 29.9 Å². The first-order valence-electron chi connectivity index (χ1n) is 10.1. The zero-order chi connectivity index (χ0) is 17.3. The van der Waals surface area contributed by atoms with Gasteiger partial charge in [-0.05, 0) is 86.3 Å². The lowest BCUT2D eigenvalue weighted by Crippen LogP contribution is -2.48. The molecule has 4 bridgehead atoms. The van der Waals surface area contributed by atoms with E-state index in [1.165, 1.54) is 55.3 Å². The van der Waals surface area contributed by atoms with Gasteiger partial charge in [-0.25, -0.2) is 4.98 Å². The lowest BCUT2D eigenvalue weighted by molar-refractivity contribution is -0.0638. The Kier molecular flexibility index (Phi) is 3.01. The molecule has 0 saturated heterocycles. The van der Waals surface area contributed by atoms with Gasteiger partial charge in [0.15, 0.2) is 0 Å². The average molecular weight is 346 g/mol. The quantitative estimate of drug-likeness (QED) is 0.688. The van der Waals surface area contributed by atoms with Crippen LogP contribution in [0.25, 0.3) is 16.8 Å². The van der Waals surface area contributed by atoms with Crippen molar-refractivity contribution in [1.29, 1.82) is 0 Å². The van der Waals surface area contributed by atoms with E-state index in [9.17, 15) is 0 Å². The lowest BCUT2D eigenvalue weighted by Gasteiger charge is -2.56. The fourth-order valence-electron chi connectivity index (χ4n) is 6.77. The van der Waals surface area contributed by atoms with Crippen molar-refractivity contribution in [3.05, 3.63) is 42.6 Å². The van der Waals surface area contributed by atoms with Gasteiger partial charge in [-0.15, -0.1) is 0 Å². The molecule has 0 atom stereocenters. The number of hydrogen-bond donors (Lipinski definition) is 0. The number of hydrogen-bond acceptors (Lipinski definition) is 2. The molecule has 0 spiro atoms. The molecular weight excluding hydrogens is 320 g/mol. The molecule has 0 aromatic carbocycles. The molecule has 0 N–H and O–H groups in total. The van der Waals surface area contributed by atoms with Crippen LogP contribution in [-0.4, -0.2) is 19.2 Å². The predicted octanol–water partition coefficient (Wildman–Crippen LogP) is 4.72. The van der Waals surface area contributed by atoms with E-state index in [2.05, 4.69) is 45.5 Å². The second kappa shape index (κ2) is 5.21. The maximum Gasteiger partial charge on any atom is 0.137 e. The SMILES string of the molecule is Cc1c(-c2ccn3ccnc3c2)cnn1CC12CC3CC(CC(C3)C1)C2. The first-order chi connectivity index (χ1) is 12.7. The van der Waals surface area contributed by atoms with Crippen LogP contribution in [0, 0.1) is 30.1 Å². The summed E-state index contributed by atoms with van der Waals surface area (Å²) in [6.07, 6.45) is 16.8. The van der Waals surface area contributed by atoms with Crippen molar-refractivity contribution in [3.63, 3.8) is 0 Å². The van der Waals surface area contributed by atoms with Crippen molar-refractivity contribution in [2.45, 2.75) is 52.0 Å². The Morgan fingerprint density at radius 3 is 2.54 bits per heavy atom. The van der Waals surface area contributed by atoms with Crippen LogP contribution < -0.4 is 0 Å². The van der Waals surface area contributed by atoms with Gasteiger partial charge < -0.3 is 4.40 Å². The van der Waals surface area contributed by atoms with E-state index >= 15 is 0 Å². The van der Waals surface area contributed by atoms with Crippen molar-refractivity contribution < 1.29 is 0 Å². The van der Waals surface area contributed by atoms with E-state index in [-0.39, 0.29) is 0 Å². The third-order valence-corrected chi connectivity index (χ3v) is 7.46. The topological polar surface area (TPSA) is 35.1 Å². The molecule has 0 radical (unpaired) electrons. The Balaban J connectivity index is 1.33. The van der Waals surface area contributed by atoms with E-state index in [1.54, 1.807) is 0 Å². The normalized spacial score (nSPS) is 32.6. The molecule has 0 unspecified atom stereocenters. The Morgan fingerprint density at radius 1 is 1.08 bits per heavy atom. The van der Waals surface area contributed by atoms with Crippen LogP contribution in [0.4, 0.5) is 0 Å². The molecule has 3 aromatic heterocycles. The third-order valence-electron chi connectivity index (χ3n) is 7.46. The highest BCUT2D eigenvalue weighted by molar-refractivity contribution is 5.68. The van der Waals surface area contributed by atoms with Crippen molar-refractivity contribution >= 4 is 5.65 Å². The fraction of sp³-hybridized carbons (Fsp3) is 0.545. The van der Waals surface area contributed by atoms with Crippen LogP contribution in [0.3, 0.4) is 0 Å². The summed E-state index contributed by atoms with van der Waals surface area (Å²) < 4.78 is 4.36. The maximum absolute atomic E-state index is 4.83. The molecule has 4 nitrogen and oxygen atoms in total. The minimum atomic E-state index is 0.524. The molecule has 4 aliphatic rings. The Bertz CT molecular complexity index is 944. The molecule has 4 fully saturated rings. The van der Waals surface area contributed by atoms with Crippen LogP contribution in [0.2, 0.25) is 0 Å². The van der Waals surface area contributed by atoms with Gasteiger partial charge in [0.2, 0.25) is 0 Å². The number of imidazole rings is 1. The van der Waals surface area contributed by atoms with Crippen LogP contribution in [0.1, 0.15) is 44.2 Å². The van der Waals surface area contributed by atoms with E-state index in [0.29, 0.717) is 5.41 Å². The fourth-order valence-corrected chi connectivity index (χ4v) is 6.77. The van der Waals surface area contributed by atoms with Crippen molar-refractivity contribution in [2.24, 2.45) is 23.2 Å². The van der Waals surface area contributed by atoms with Gasteiger partial charge in [0, 0.05) is 36.4 Å². The summed E-state index contributed by atoms with van der Waals surface area (Å²) in [5.41, 5.74) is 5.29. The minimum absolute atomic E-state index is 0.524. The van der Waals surface area contributed by atoms with Gasteiger partial charge in [-0.3, -0.25) is 4.68 Å². The Morgan fingerprint density at radius 2 is 1.81 bits per heavy atom. The van der Waals surface area contributed by atoms with Crippen LogP contribution in [0.5, 0.6) is 0 Å². The summed E-state index contributed by atoms with van der Waals surface area (Å²) in [5, 5.41) is 4.83. The second-order valence-corrected chi connectivity index (χ2v) is 9.33. The maximum atomic E-state index is 4.83. The molecule has 4 saturated carbocycles. The average Bonchev–Trinajstić information content (AvgIpc) is 3.20. The minimum Gasteiger partial charge on any atom is -0.307 e. The summed E-state index contributed by atoms with van der Waals surface area (Å²) in [7, 11) is 0. The molecule has 0 aliphatic heterocycles.